The van der Waals surface area contributed by atoms with Gasteiger partial charge < -0.3 is 9.47 Å². The molecule has 0 spiro atoms. The smallest absolute Gasteiger partial charge is 0.359 e. The number of hydrogen-bond acceptors (Lipinski definition) is 5. The van der Waals surface area contributed by atoms with Gasteiger partial charge in [-0.3, -0.25) is 9.59 Å². The van der Waals surface area contributed by atoms with Crippen LogP contribution in [0.4, 0.5) is 0 Å². The maximum Gasteiger partial charge on any atom is 0.359 e. The summed E-state index contributed by atoms with van der Waals surface area (Å²) in [5.74, 6) is -1.19. The number of rotatable bonds is 4. The molecule has 0 aromatic heterocycles. The molecule has 5 nitrogen and oxygen atoms in total. The van der Waals surface area contributed by atoms with Gasteiger partial charge in [0, 0.05) is 0 Å². The van der Waals surface area contributed by atoms with Crippen molar-refractivity contribution in [2.75, 3.05) is 6.61 Å². The fourth-order valence-corrected chi connectivity index (χ4v) is 0.853. The van der Waals surface area contributed by atoms with E-state index in [-0.39, 0.29) is 19.5 Å². The zero-order valence-electron chi connectivity index (χ0n) is 6.53. The summed E-state index contributed by atoms with van der Waals surface area (Å²) in [5, 5.41) is 0. The second kappa shape index (κ2) is 2.92. The van der Waals surface area contributed by atoms with E-state index in [1.54, 1.807) is 6.92 Å². The SMILES string of the molecule is CCOC(=O)C1(OC=O)CC1=O. The van der Waals surface area contributed by atoms with Crippen LogP contribution in [0, 0.1) is 0 Å². The number of ether oxygens (including phenoxy) is 2. The number of carbonyl (C=O) groups is 3. The van der Waals surface area contributed by atoms with E-state index < -0.39 is 17.4 Å². The molecule has 66 valence electrons. The molecule has 1 rings (SSSR count). The number of ketones is 1. The lowest BCUT2D eigenvalue weighted by Gasteiger charge is -2.08. The molecular formula is C7H8O5. The van der Waals surface area contributed by atoms with Crippen molar-refractivity contribution in [2.24, 2.45) is 0 Å². The van der Waals surface area contributed by atoms with Gasteiger partial charge in [0.05, 0.1) is 13.0 Å². The number of esters is 1. The standard InChI is InChI=1S/C7H8O5/c1-2-11-6(10)7(12-4-8)3-5(7)9/h4H,2-3H2,1H3. The Labute approximate surface area is 68.6 Å². The first kappa shape index (κ1) is 8.70. The average molecular weight is 172 g/mol. The van der Waals surface area contributed by atoms with Crippen LogP contribution >= 0.6 is 0 Å². The topological polar surface area (TPSA) is 69.7 Å². The van der Waals surface area contributed by atoms with Crippen LogP contribution in [0.1, 0.15) is 13.3 Å². The Morgan fingerprint density at radius 3 is 2.67 bits per heavy atom. The second-order valence-electron chi connectivity index (χ2n) is 2.36. The predicted molar refractivity (Wildman–Crippen MR) is 36.1 cm³/mol. The molecule has 12 heavy (non-hydrogen) atoms. The first-order valence-electron chi connectivity index (χ1n) is 3.49. The molecule has 0 saturated heterocycles. The lowest BCUT2D eigenvalue weighted by Crippen LogP contribution is -2.30. The molecule has 1 aliphatic carbocycles. The summed E-state index contributed by atoms with van der Waals surface area (Å²) in [4.78, 5) is 31.7. The summed E-state index contributed by atoms with van der Waals surface area (Å²) in [5.41, 5.74) is -1.60. The van der Waals surface area contributed by atoms with Gasteiger partial charge in [0.1, 0.15) is 0 Å². The largest absolute Gasteiger partial charge is 0.463 e. The highest BCUT2D eigenvalue weighted by atomic mass is 16.6. The Morgan fingerprint density at radius 2 is 2.33 bits per heavy atom. The highest BCUT2D eigenvalue weighted by Gasteiger charge is 2.64. The van der Waals surface area contributed by atoms with Gasteiger partial charge in [-0.15, -0.1) is 0 Å². The van der Waals surface area contributed by atoms with Crippen molar-refractivity contribution in [3.8, 4) is 0 Å². The lowest BCUT2D eigenvalue weighted by molar-refractivity contribution is -0.165. The minimum Gasteiger partial charge on any atom is -0.463 e. The molecule has 1 saturated carbocycles. The van der Waals surface area contributed by atoms with E-state index in [4.69, 9.17) is 0 Å². The van der Waals surface area contributed by atoms with E-state index in [9.17, 15) is 14.4 Å². The van der Waals surface area contributed by atoms with E-state index in [1.165, 1.54) is 0 Å². The highest BCUT2D eigenvalue weighted by molar-refractivity contribution is 6.21. The van der Waals surface area contributed by atoms with Crippen LogP contribution < -0.4 is 0 Å². The predicted octanol–water partition coefficient (Wildman–Crippen LogP) is -0.566. The third-order valence-corrected chi connectivity index (χ3v) is 1.59. The molecular weight excluding hydrogens is 164 g/mol. The number of hydrogen-bond donors (Lipinski definition) is 0. The molecule has 0 amide bonds. The van der Waals surface area contributed by atoms with Crippen molar-refractivity contribution < 1.29 is 23.9 Å². The quantitative estimate of drug-likeness (QED) is 0.323. The fourth-order valence-electron chi connectivity index (χ4n) is 0.853. The highest BCUT2D eigenvalue weighted by Crippen LogP contribution is 2.35. The molecule has 0 bridgehead atoms. The molecule has 0 N–H and O–H groups in total. The minimum absolute atomic E-state index is 0.0649. The summed E-state index contributed by atoms with van der Waals surface area (Å²) in [6.45, 7) is 1.86. The summed E-state index contributed by atoms with van der Waals surface area (Å²) >= 11 is 0. The molecule has 1 fully saturated rings. The first-order valence-corrected chi connectivity index (χ1v) is 3.49. The van der Waals surface area contributed by atoms with Crippen LogP contribution in [-0.4, -0.2) is 30.4 Å². The van der Waals surface area contributed by atoms with Crippen molar-refractivity contribution in [3.63, 3.8) is 0 Å². The zero-order valence-corrected chi connectivity index (χ0v) is 6.53. The lowest BCUT2D eigenvalue weighted by atomic mass is 10.3. The second-order valence-corrected chi connectivity index (χ2v) is 2.36. The summed E-state index contributed by atoms with van der Waals surface area (Å²) in [6, 6.07) is 0. The van der Waals surface area contributed by atoms with Gasteiger partial charge in [-0.25, -0.2) is 4.79 Å². The Balaban J connectivity index is 2.62. The van der Waals surface area contributed by atoms with Crippen LogP contribution in [0.3, 0.4) is 0 Å². The van der Waals surface area contributed by atoms with E-state index in [2.05, 4.69) is 9.47 Å². The van der Waals surface area contributed by atoms with Gasteiger partial charge in [-0.2, -0.15) is 0 Å². The van der Waals surface area contributed by atoms with E-state index in [0.29, 0.717) is 0 Å². The molecule has 0 heterocycles. The van der Waals surface area contributed by atoms with Crippen molar-refractivity contribution in [2.45, 2.75) is 18.9 Å². The van der Waals surface area contributed by atoms with Crippen molar-refractivity contribution in [1.82, 2.24) is 0 Å². The minimum atomic E-state index is -1.60. The van der Waals surface area contributed by atoms with Crippen LogP contribution in [0.25, 0.3) is 0 Å². The zero-order chi connectivity index (χ0) is 9.19. The van der Waals surface area contributed by atoms with Gasteiger partial charge in [-0.1, -0.05) is 0 Å². The summed E-state index contributed by atoms with van der Waals surface area (Å²) in [7, 11) is 0. The van der Waals surface area contributed by atoms with Gasteiger partial charge in [0.25, 0.3) is 12.1 Å². The Kier molecular flexibility index (Phi) is 2.12. The van der Waals surface area contributed by atoms with Gasteiger partial charge in [0.15, 0.2) is 5.78 Å². The van der Waals surface area contributed by atoms with Gasteiger partial charge in [-0.05, 0) is 6.92 Å². The summed E-state index contributed by atoms with van der Waals surface area (Å²) in [6.07, 6.45) is -0.0649. The average Bonchev–Trinajstić information content (AvgIpc) is 2.64. The maximum absolute atomic E-state index is 11.0. The molecule has 0 aromatic carbocycles. The van der Waals surface area contributed by atoms with Crippen LogP contribution in [0.15, 0.2) is 0 Å². The Bertz CT molecular complexity index is 234. The molecule has 0 aromatic rings. The third-order valence-electron chi connectivity index (χ3n) is 1.59. The number of Topliss-reactive ketones (excluding diaryl/α,β-unsaturated/α-hetero) is 1. The normalized spacial score (nSPS) is 26.2. The van der Waals surface area contributed by atoms with Crippen LogP contribution in [-0.2, 0) is 23.9 Å². The molecule has 5 heteroatoms. The Hall–Kier alpha value is -1.39. The molecule has 0 aliphatic heterocycles. The monoisotopic (exact) mass is 172 g/mol. The number of carbonyl (C=O) groups excluding carboxylic acids is 3. The third kappa shape index (κ3) is 1.17. The van der Waals surface area contributed by atoms with E-state index in [1.807, 2.05) is 0 Å². The molecule has 1 aliphatic rings. The molecule has 0 radical (unpaired) electrons. The fraction of sp³-hybridized carbons (Fsp3) is 0.571. The first-order chi connectivity index (χ1) is 5.67. The summed E-state index contributed by atoms with van der Waals surface area (Å²) < 4.78 is 8.91. The van der Waals surface area contributed by atoms with Gasteiger partial charge >= 0.3 is 5.97 Å². The van der Waals surface area contributed by atoms with E-state index >= 15 is 0 Å². The Morgan fingerprint density at radius 1 is 1.75 bits per heavy atom. The van der Waals surface area contributed by atoms with Crippen molar-refractivity contribution >= 4 is 18.2 Å². The molecule has 1 unspecified atom stereocenters. The van der Waals surface area contributed by atoms with Gasteiger partial charge in [0.2, 0.25) is 0 Å². The van der Waals surface area contributed by atoms with E-state index in [0.717, 1.165) is 0 Å². The van der Waals surface area contributed by atoms with Crippen molar-refractivity contribution in [1.29, 1.82) is 0 Å². The van der Waals surface area contributed by atoms with Crippen LogP contribution in [0.2, 0.25) is 0 Å². The molecule has 1 atom stereocenters. The maximum atomic E-state index is 11.0. The van der Waals surface area contributed by atoms with Crippen molar-refractivity contribution in [3.05, 3.63) is 0 Å². The van der Waals surface area contributed by atoms with Crippen LogP contribution in [0.5, 0.6) is 0 Å².